The monoisotopic (exact) mass is 382 g/mol. The second-order valence-electron chi connectivity index (χ2n) is 7.80. The highest BCUT2D eigenvalue weighted by atomic mass is 16.5. The third kappa shape index (κ3) is 21.3. The lowest BCUT2D eigenvalue weighted by atomic mass is 10.1. The quantitative estimate of drug-likeness (QED) is 0.138. The number of unbranched alkanes of at least 4 members (excludes halogenated alkanes) is 11. The minimum Gasteiger partial charge on any atom is -0.466 e. The molecule has 0 aliphatic rings. The number of aliphatic hydroxyl groups is 1. The molecule has 3 heteroatoms. The number of hydrogen-bond donors (Lipinski definition) is 1. The minimum absolute atomic E-state index is 0.0253. The lowest BCUT2D eigenvalue weighted by molar-refractivity contribution is -0.143. The molecule has 0 saturated carbocycles. The Labute approximate surface area is 169 Å². The Morgan fingerprint density at radius 1 is 0.815 bits per heavy atom. The van der Waals surface area contributed by atoms with E-state index in [1.165, 1.54) is 51.4 Å². The van der Waals surface area contributed by atoms with Crippen molar-refractivity contribution in [2.45, 2.75) is 129 Å². The molecule has 0 rings (SSSR count). The third-order valence-electron chi connectivity index (χ3n) is 4.98. The van der Waals surface area contributed by atoms with Crippen molar-refractivity contribution in [3.8, 4) is 0 Å². The largest absolute Gasteiger partial charge is 0.466 e. The van der Waals surface area contributed by atoms with Gasteiger partial charge in [0.2, 0.25) is 0 Å². The van der Waals surface area contributed by atoms with Crippen LogP contribution in [0.5, 0.6) is 0 Å². The predicted molar refractivity (Wildman–Crippen MR) is 116 cm³/mol. The Morgan fingerprint density at radius 3 is 2.19 bits per heavy atom. The molecule has 3 nitrogen and oxygen atoms in total. The van der Waals surface area contributed by atoms with E-state index in [4.69, 9.17) is 4.74 Å². The average Bonchev–Trinajstić information content (AvgIpc) is 2.66. The second-order valence-corrected chi connectivity index (χ2v) is 7.80. The van der Waals surface area contributed by atoms with E-state index >= 15 is 0 Å². The number of allylic oxidation sites excluding steroid dienone is 1. The van der Waals surface area contributed by atoms with Crippen molar-refractivity contribution in [2.75, 3.05) is 6.61 Å². The minimum atomic E-state index is -0.162. The summed E-state index contributed by atoms with van der Waals surface area (Å²) >= 11 is 0. The van der Waals surface area contributed by atoms with Gasteiger partial charge in [-0.1, -0.05) is 90.2 Å². The number of esters is 1. The maximum atomic E-state index is 11.6. The molecule has 0 aliphatic heterocycles. The van der Waals surface area contributed by atoms with E-state index in [2.05, 4.69) is 26.0 Å². The molecule has 0 aromatic carbocycles. The molecular weight excluding hydrogens is 336 g/mol. The van der Waals surface area contributed by atoms with Crippen LogP contribution in [0.2, 0.25) is 0 Å². The van der Waals surface area contributed by atoms with Gasteiger partial charge in [0.1, 0.15) is 0 Å². The summed E-state index contributed by atoms with van der Waals surface area (Å²) in [4.78, 5) is 11.6. The molecule has 0 aliphatic carbocycles. The number of ether oxygens (including phenoxy) is 1. The van der Waals surface area contributed by atoms with E-state index in [1.54, 1.807) is 0 Å². The first kappa shape index (κ1) is 26.2. The standard InChI is InChI=1S/C24H46O3/c1-3-5-7-15-19-23(25)20-16-13-11-9-10-12-14-17-21-24(26)27-22-18-8-6-4-2/h13,16,23,25H,3-12,14-15,17-22H2,1-2H3/b16-13-. The summed E-state index contributed by atoms with van der Waals surface area (Å²) in [5.74, 6) is -0.0253. The fourth-order valence-electron chi connectivity index (χ4n) is 3.14. The van der Waals surface area contributed by atoms with E-state index in [-0.39, 0.29) is 12.1 Å². The number of carbonyl (C=O) groups excluding carboxylic acids is 1. The van der Waals surface area contributed by atoms with Crippen molar-refractivity contribution >= 4 is 5.97 Å². The van der Waals surface area contributed by atoms with E-state index in [9.17, 15) is 9.90 Å². The van der Waals surface area contributed by atoms with E-state index in [1.807, 2.05) is 0 Å². The average molecular weight is 383 g/mol. The van der Waals surface area contributed by atoms with Gasteiger partial charge in [0.25, 0.3) is 0 Å². The molecule has 0 amide bonds. The lowest BCUT2D eigenvalue weighted by Crippen LogP contribution is -2.05. The van der Waals surface area contributed by atoms with Gasteiger partial charge < -0.3 is 9.84 Å². The molecule has 0 radical (unpaired) electrons. The van der Waals surface area contributed by atoms with E-state index in [0.29, 0.717) is 13.0 Å². The zero-order chi connectivity index (χ0) is 20.0. The molecule has 0 spiro atoms. The maximum Gasteiger partial charge on any atom is 0.305 e. The van der Waals surface area contributed by atoms with Gasteiger partial charge in [-0.05, 0) is 38.5 Å². The molecular formula is C24H46O3. The summed E-state index contributed by atoms with van der Waals surface area (Å²) in [7, 11) is 0. The smallest absolute Gasteiger partial charge is 0.305 e. The molecule has 0 heterocycles. The zero-order valence-corrected chi connectivity index (χ0v) is 18.2. The van der Waals surface area contributed by atoms with Crippen LogP contribution in [0.25, 0.3) is 0 Å². The van der Waals surface area contributed by atoms with Gasteiger partial charge in [-0.3, -0.25) is 4.79 Å². The van der Waals surface area contributed by atoms with Crippen LogP contribution in [0.15, 0.2) is 12.2 Å². The number of carbonyl (C=O) groups is 1. The first-order chi connectivity index (χ1) is 13.2. The summed E-state index contributed by atoms with van der Waals surface area (Å²) in [6, 6.07) is 0. The van der Waals surface area contributed by atoms with Crippen LogP contribution in [0.3, 0.4) is 0 Å². The van der Waals surface area contributed by atoms with Crippen molar-refractivity contribution in [3.05, 3.63) is 12.2 Å². The Morgan fingerprint density at radius 2 is 1.44 bits per heavy atom. The van der Waals surface area contributed by atoms with Gasteiger partial charge in [-0.2, -0.15) is 0 Å². The predicted octanol–water partition coefficient (Wildman–Crippen LogP) is 7.12. The van der Waals surface area contributed by atoms with Crippen LogP contribution in [0.1, 0.15) is 123 Å². The summed E-state index contributed by atoms with van der Waals surface area (Å²) in [6.45, 7) is 4.99. The fourth-order valence-corrected chi connectivity index (χ4v) is 3.14. The fraction of sp³-hybridized carbons (Fsp3) is 0.875. The van der Waals surface area contributed by atoms with Gasteiger partial charge in [-0.25, -0.2) is 0 Å². The van der Waals surface area contributed by atoms with Gasteiger partial charge >= 0.3 is 5.97 Å². The molecule has 0 saturated heterocycles. The molecule has 0 aromatic rings. The van der Waals surface area contributed by atoms with Crippen molar-refractivity contribution < 1.29 is 14.6 Å². The summed E-state index contributed by atoms with van der Waals surface area (Å²) in [5.41, 5.74) is 0. The third-order valence-corrected chi connectivity index (χ3v) is 4.98. The molecule has 1 atom stereocenters. The van der Waals surface area contributed by atoms with Gasteiger partial charge in [0.05, 0.1) is 12.7 Å². The molecule has 0 fully saturated rings. The second kappa shape index (κ2) is 21.5. The summed E-state index contributed by atoms with van der Waals surface area (Å²) in [6.07, 6.45) is 22.8. The zero-order valence-electron chi connectivity index (χ0n) is 18.2. The normalized spacial score (nSPS) is 12.6. The first-order valence-corrected chi connectivity index (χ1v) is 11.7. The lowest BCUT2D eigenvalue weighted by Gasteiger charge is -2.07. The Kier molecular flexibility index (Phi) is 20.8. The molecule has 1 unspecified atom stereocenters. The van der Waals surface area contributed by atoms with Crippen LogP contribution < -0.4 is 0 Å². The maximum absolute atomic E-state index is 11.6. The van der Waals surface area contributed by atoms with Crippen molar-refractivity contribution in [1.82, 2.24) is 0 Å². The highest BCUT2D eigenvalue weighted by Crippen LogP contribution is 2.11. The first-order valence-electron chi connectivity index (χ1n) is 11.7. The molecule has 1 N–H and O–H groups in total. The van der Waals surface area contributed by atoms with Gasteiger partial charge in [0, 0.05) is 6.42 Å². The summed E-state index contributed by atoms with van der Waals surface area (Å²) in [5, 5.41) is 9.90. The SMILES string of the molecule is CCCCCCOC(=O)CCCCCCC/C=C\CC(O)CCCCCC. The Hall–Kier alpha value is -0.830. The van der Waals surface area contributed by atoms with Crippen LogP contribution in [-0.4, -0.2) is 23.8 Å². The molecule has 27 heavy (non-hydrogen) atoms. The molecule has 0 aromatic heterocycles. The highest BCUT2D eigenvalue weighted by Gasteiger charge is 2.02. The van der Waals surface area contributed by atoms with Crippen molar-refractivity contribution in [2.24, 2.45) is 0 Å². The topological polar surface area (TPSA) is 46.5 Å². The van der Waals surface area contributed by atoms with E-state index in [0.717, 1.165) is 51.4 Å². The number of aliphatic hydroxyl groups excluding tert-OH is 1. The highest BCUT2D eigenvalue weighted by molar-refractivity contribution is 5.69. The van der Waals surface area contributed by atoms with Gasteiger partial charge in [-0.15, -0.1) is 0 Å². The Balaban J connectivity index is 3.30. The van der Waals surface area contributed by atoms with Crippen LogP contribution in [0.4, 0.5) is 0 Å². The van der Waals surface area contributed by atoms with E-state index < -0.39 is 0 Å². The van der Waals surface area contributed by atoms with Gasteiger partial charge in [0.15, 0.2) is 0 Å². The Bertz CT molecular complexity index is 339. The number of rotatable bonds is 20. The molecule has 0 bridgehead atoms. The van der Waals surface area contributed by atoms with Crippen LogP contribution in [-0.2, 0) is 9.53 Å². The van der Waals surface area contributed by atoms with Crippen LogP contribution in [0, 0.1) is 0 Å². The van der Waals surface area contributed by atoms with Crippen molar-refractivity contribution in [1.29, 1.82) is 0 Å². The summed E-state index contributed by atoms with van der Waals surface area (Å²) < 4.78 is 5.25. The number of hydrogen-bond acceptors (Lipinski definition) is 3. The van der Waals surface area contributed by atoms with Crippen LogP contribution >= 0.6 is 0 Å². The van der Waals surface area contributed by atoms with Crippen molar-refractivity contribution in [3.63, 3.8) is 0 Å². The molecule has 160 valence electrons.